The number of rotatable bonds is 6. The zero-order chi connectivity index (χ0) is 18.5. The molecule has 0 spiro atoms. The van der Waals surface area contributed by atoms with Crippen molar-refractivity contribution in [1.29, 1.82) is 0 Å². The fraction of sp³-hybridized carbons (Fsp3) is 0.158. The minimum atomic E-state index is -0.340. The van der Waals surface area contributed by atoms with E-state index in [0.717, 1.165) is 17.3 Å². The molecule has 0 aliphatic carbocycles. The zero-order valence-electron chi connectivity index (χ0n) is 14.4. The van der Waals surface area contributed by atoms with Gasteiger partial charge in [0.2, 0.25) is 0 Å². The van der Waals surface area contributed by atoms with Gasteiger partial charge in [0, 0.05) is 5.56 Å². The van der Waals surface area contributed by atoms with Crippen LogP contribution in [0.1, 0.15) is 5.56 Å². The Labute approximate surface area is 155 Å². The number of amides is 2. The van der Waals surface area contributed by atoms with Gasteiger partial charge in [0.25, 0.3) is 11.1 Å². The zero-order valence-corrected chi connectivity index (χ0v) is 15.2. The molecule has 2 amide bonds. The number of para-hydroxylation sites is 3. The molecule has 1 fully saturated rings. The highest BCUT2D eigenvalue weighted by Crippen LogP contribution is 2.34. The third-order valence-electron chi connectivity index (χ3n) is 3.83. The third kappa shape index (κ3) is 3.67. The summed E-state index contributed by atoms with van der Waals surface area (Å²) < 4.78 is 10.5. The first-order valence-corrected chi connectivity index (χ1v) is 8.71. The molecule has 0 saturated carbocycles. The van der Waals surface area contributed by atoms with E-state index in [4.69, 9.17) is 9.47 Å². The quantitative estimate of drug-likeness (QED) is 0.780. The minimum absolute atomic E-state index is 0.0638. The summed E-state index contributed by atoms with van der Waals surface area (Å²) in [4.78, 5) is 26.4. The molecule has 2 aromatic rings. The van der Waals surface area contributed by atoms with Gasteiger partial charge in [-0.3, -0.25) is 14.5 Å². The molecule has 0 unspecified atom stereocenters. The molecular weight excluding hydrogens is 352 g/mol. The molecule has 0 atom stereocenters. The fourth-order valence-corrected chi connectivity index (χ4v) is 3.35. The Morgan fingerprint density at radius 2 is 1.65 bits per heavy atom. The molecule has 0 bridgehead atoms. The van der Waals surface area contributed by atoms with Gasteiger partial charge in [0.1, 0.15) is 11.5 Å². The van der Waals surface area contributed by atoms with Crippen LogP contribution in [-0.2, 0) is 4.79 Å². The summed E-state index contributed by atoms with van der Waals surface area (Å²) in [6.45, 7) is 0.0638. The van der Waals surface area contributed by atoms with Crippen LogP contribution in [-0.4, -0.2) is 36.9 Å². The molecule has 1 aliphatic heterocycles. The summed E-state index contributed by atoms with van der Waals surface area (Å²) in [5.74, 6) is 0.948. The number of benzene rings is 2. The first kappa shape index (κ1) is 17.9. The van der Waals surface area contributed by atoms with E-state index in [9.17, 15) is 9.59 Å². The molecule has 1 saturated heterocycles. The van der Waals surface area contributed by atoms with Crippen LogP contribution in [0, 0.1) is 0 Å². The molecule has 1 N–H and O–H groups in total. The molecule has 134 valence electrons. The number of carbonyl (C=O) groups is 2. The van der Waals surface area contributed by atoms with Gasteiger partial charge in [-0.05, 0) is 36.0 Å². The average molecular weight is 370 g/mol. The van der Waals surface area contributed by atoms with E-state index in [-0.39, 0.29) is 17.8 Å². The Bertz CT molecular complexity index is 866. The Morgan fingerprint density at radius 1 is 1.00 bits per heavy atom. The molecule has 1 aliphatic rings. The Hall–Kier alpha value is -2.93. The fourth-order valence-electron chi connectivity index (χ4n) is 2.52. The first-order valence-electron chi connectivity index (χ1n) is 7.89. The van der Waals surface area contributed by atoms with Crippen LogP contribution in [0.2, 0.25) is 0 Å². The van der Waals surface area contributed by atoms with Gasteiger partial charge in [0.15, 0.2) is 0 Å². The second-order valence-corrected chi connectivity index (χ2v) is 6.38. The number of hydrogen-bond donors (Lipinski definition) is 1. The highest BCUT2D eigenvalue weighted by atomic mass is 32.2. The average Bonchev–Trinajstić information content (AvgIpc) is 2.93. The van der Waals surface area contributed by atoms with Gasteiger partial charge in [-0.25, -0.2) is 0 Å². The maximum Gasteiger partial charge on any atom is 0.295 e. The number of hydrogen-bond acceptors (Lipinski definition) is 6. The third-order valence-corrected chi connectivity index (χ3v) is 4.74. The summed E-state index contributed by atoms with van der Waals surface area (Å²) in [5.41, 5.74) is 1.46. The van der Waals surface area contributed by atoms with Gasteiger partial charge in [-0.1, -0.05) is 30.3 Å². The number of imide groups is 1. The van der Waals surface area contributed by atoms with Crippen molar-refractivity contribution >= 4 is 34.7 Å². The first-order chi connectivity index (χ1) is 12.6. The maximum atomic E-state index is 12.6. The molecular formula is C19H18N2O4S. The molecule has 7 heteroatoms. The van der Waals surface area contributed by atoms with Crippen molar-refractivity contribution in [2.75, 3.05) is 26.2 Å². The van der Waals surface area contributed by atoms with E-state index < -0.39 is 0 Å². The van der Waals surface area contributed by atoms with Crippen molar-refractivity contribution in [2.45, 2.75) is 0 Å². The van der Waals surface area contributed by atoms with Gasteiger partial charge >= 0.3 is 0 Å². The minimum Gasteiger partial charge on any atom is -0.496 e. The topological polar surface area (TPSA) is 67.9 Å². The number of nitrogens with one attached hydrogen (secondary N) is 1. The van der Waals surface area contributed by atoms with Crippen LogP contribution in [0.4, 0.5) is 10.5 Å². The SMILES string of the molecule is COc1ccccc1C=C1SC(=O)N(CNc2ccccc2OC)C1=O. The summed E-state index contributed by atoms with van der Waals surface area (Å²) in [5, 5.41) is 2.75. The smallest absolute Gasteiger partial charge is 0.295 e. The summed E-state index contributed by atoms with van der Waals surface area (Å²) in [6, 6.07) is 14.7. The molecule has 3 rings (SSSR count). The largest absolute Gasteiger partial charge is 0.496 e. The van der Waals surface area contributed by atoms with E-state index in [1.807, 2.05) is 36.4 Å². The number of anilines is 1. The lowest BCUT2D eigenvalue weighted by molar-refractivity contribution is -0.122. The second-order valence-electron chi connectivity index (χ2n) is 5.39. The van der Waals surface area contributed by atoms with Crippen LogP contribution in [0.5, 0.6) is 11.5 Å². The Balaban J connectivity index is 1.76. The number of methoxy groups -OCH3 is 2. The summed E-state index contributed by atoms with van der Waals surface area (Å²) in [7, 11) is 3.13. The van der Waals surface area contributed by atoms with Crippen LogP contribution in [0.15, 0.2) is 53.4 Å². The summed E-state index contributed by atoms with van der Waals surface area (Å²) >= 11 is 0.913. The molecule has 2 aromatic carbocycles. The van der Waals surface area contributed by atoms with Gasteiger partial charge in [0.05, 0.1) is 31.5 Å². The number of nitrogens with zero attached hydrogens (tertiary/aromatic N) is 1. The van der Waals surface area contributed by atoms with E-state index in [1.165, 1.54) is 4.90 Å². The van der Waals surface area contributed by atoms with Gasteiger partial charge in [-0.15, -0.1) is 0 Å². The van der Waals surface area contributed by atoms with E-state index in [1.54, 1.807) is 32.4 Å². The van der Waals surface area contributed by atoms with Crippen molar-refractivity contribution in [3.63, 3.8) is 0 Å². The predicted octanol–water partition coefficient (Wildman–Crippen LogP) is 3.81. The van der Waals surface area contributed by atoms with E-state index >= 15 is 0 Å². The van der Waals surface area contributed by atoms with E-state index in [2.05, 4.69) is 5.32 Å². The number of thioether (sulfide) groups is 1. The standard InChI is InChI=1S/C19H18N2O4S/c1-24-15-9-5-3-7-13(15)11-17-18(22)21(19(23)26-17)12-20-14-8-4-6-10-16(14)25-2/h3-11,20H,12H2,1-2H3. The maximum absolute atomic E-state index is 12.6. The van der Waals surface area contributed by atoms with Crippen LogP contribution in [0.25, 0.3) is 6.08 Å². The lowest BCUT2D eigenvalue weighted by Gasteiger charge is -2.16. The van der Waals surface area contributed by atoms with Crippen LogP contribution >= 0.6 is 11.8 Å². The van der Waals surface area contributed by atoms with Crippen molar-refractivity contribution < 1.29 is 19.1 Å². The lowest BCUT2D eigenvalue weighted by atomic mass is 10.2. The predicted molar refractivity (Wildman–Crippen MR) is 102 cm³/mol. The number of carbonyl (C=O) groups excluding carboxylic acids is 2. The van der Waals surface area contributed by atoms with Gasteiger partial charge in [-0.2, -0.15) is 0 Å². The van der Waals surface area contributed by atoms with Crippen molar-refractivity contribution in [1.82, 2.24) is 4.90 Å². The van der Waals surface area contributed by atoms with Crippen LogP contribution in [0.3, 0.4) is 0 Å². The monoisotopic (exact) mass is 370 g/mol. The normalized spacial score (nSPS) is 15.5. The lowest BCUT2D eigenvalue weighted by Crippen LogP contribution is -2.33. The van der Waals surface area contributed by atoms with Crippen molar-refractivity contribution in [3.05, 3.63) is 59.0 Å². The van der Waals surface area contributed by atoms with Crippen molar-refractivity contribution in [3.8, 4) is 11.5 Å². The Kier molecular flexibility index (Phi) is 5.48. The van der Waals surface area contributed by atoms with Gasteiger partial charge < -0.3 is 14.8 Å². The van der Waals surface area contributed by atoms with Crippen LogP contribution < -0.4 is 14.8 Å². The molecule has 1 heterocycles. The molecule has 6 nitrogen and oxygen atoms in total. The molecule has 26 heavy (non-hydrogen) atoms. The molecule has 0 aromatic heterocycles. The highest BCUT2D eigenvalue weighted by Gasteiger charge is 2.35. The second kappa shape index (κ2) is 7.97. The number of ether oxygens (including phenoxy) is 2. The highest BCUT2D eigenvalue weighted by molar-refractivity contribution is 8.18. The van der Waals surface area contributed by atoms with Crippen molar-refractivity contribution in [2.24, 2.45) is 0 Å². The molecule has 0 radical (unpaired) electrons. The van der Waals surface area contributed by atoms with E-state index in [0.29, 0.717) is 22.1 Å². The summed E-state index contributed by atoms with van der Waals surface area (Å²) in [6.07, 6.45) is 1.67. The Morgan fingerprint density at radius 3 is 2.38 bits per heavy atom.